The molecule has 4 aromatic rings. The van der Waals surface area contributed by atoms with E-state index in [1.807, 2.05) is 79.0 Å². The lowest BCUT2D eigenvalue weighted by molar-refractivity contribution is -0.141. The Morgan fingerprint density at radius 3 is 2.38 bits per heavy atom. The third-order valence-corrected chi connectivity index (χ3v) is 7.81. The van der Waals surface area contributed by atoms with Crippen LogP contribution in [0.2, 0.25) is 0 Å². The Kier molecular flexibility index (Phi) is 8.69. The highest BCUT2D eigenvalue weighted by molar-refractivity contribution is 5.92. The Bertz CT molecular complexity index is 1440. The second-order valence-corrected chi connectivity index (χ2v) is 10.4. The molecule has 1 unspecified atom stereocenters. The molecule has 0 spiro atoms. The summed E-state index contributed by atoms with van der Waals surface area (Å²) in [6.45, 7) is 0.222. The molecule has 2 amide bonds. The van der Waals surface area contributed by atoms with Crippen LogP contribution in [0.25, 0.3) is 10.9 Å². The van der Waals surface area contributed by atoms with Crippen molar-refractivity contribution in [3.05, 3.63) is 95.7 Å². The number of rotatable bonds is 10. The Morgan fingerprint density at radius 1 is 0.900 bits per heavy atom. The van der Waals surface area contributed by atoms with E-state index < -0.39 is 6.04 Å². The molecule has 1 heterocycles. The van der Waals surface area contributed by atoms with Gasteiger partial charge >= 0.3 is 0 Å². The number of H-pyrrole nitrogens is 1. The fraction of sp³-hybridized carbons (Fsp3) is 0.333. The fourth-order valence-corrected chi connectivity index (χ4v) is 5.67. The first-order chi connectivity index (χ1) is 19.6. The highest BCUT2D eigenvalue weighted by atomic mass is 16.5. The van der Waals surface area contributed by atoms with Gasteiger partial charge in [-0.25, -0.2) is 0 Å². The van der Waals surface area contributed by atoms with Gasteiger partial charge in [0.1, 0.15) is 17.5 Å². The van der Waals surface area contributed by atoms with Crippen molar-refractivity contribution < 1.29 is 19.1 Å². The molecule has 2 N–H and O–H groups in total. The van der Waals surface area contributed by atoms with Crippen LogP contribution in [0.4, 0.5) is 0 Å². The predicted molar refractivity (Wildman–Crippen MR) is 156 cm³/mol. The number of nitrogens with one attached hydrogen (secondary N) is 2. The summed E-state index contributed by atoms with van der Waals surface area (Å²) in [4.78, 5) is 33.3. The van der Waals surface area contributed by atoms with E-state index in [9.17, 15) is 9.59 Å². The first-order valence-electron chi connectivity index (χ1n) is 14.0. The van der Waals surface area contributed by atoms with Crippen molar-refractivity contribution in [2.24, 2.45) is 0 Å². The largest absolute Gasteiger partial charge is 0.497 e. The number of benzene rings is 3. The SMILES string of the molecule is COc1ccc(C(C(=O)NC2CCCCC2)N(Cc2ccccc2OC)C(=O)Cc2c[nH]c3ccccc23)cc1. The van der Waals surface area contributed by atoms with E-state index in [-0.39, 0.29) is 30.8 Å². The quantitative estimate of drug-likeness (QED) is 0.261. The summed E-state index contributed by atoms with van der Waals surface area (Å²) in [7, 11) is 3.23. The maximum Gasteiger partial charge on any atom is 0.247 e. The van der Waals surface area contributed by atoms with Crippen molar-refractivity contribution in [1.82, 2.24) is 15.2 Å². The molecule has 208 valence electrons. The summed E-state index contributed by atoms with van der Waals surface area (Å²) in [5.74, 6) is 1.06. The van der Waals surface area contributed by atoms with Gasteiger partial charge in [0, 0.05) is 28.7 Å². The molecule has 7 heteroatoms. The monoisotopic (exact) mass is 539 g/mol. The predicted octanol–water partition coefficient (Wildman–Crippen LogP) is 5.95. The minimum absolute atomic E-state index is 0.110. The fourth-order valence-electron chi connectivity index (χ4n) is 5.67. The van der Waals surface area contributed by atoms with E-state index in [0.29, 0.717) is 11.5 Å². The summed E-state index contributed by atoms with van der Waals surface area (Å²) in [5.41, 5.74) is 3.44. The van der Waals surface area contributed by atoms with Gasteiger partial charge in [0.25, 0.3) is 0 Å². The first kappa shape index (κ1) is 27.3. The highest BCUT2D eigenvalue weighted by Crippen LogP contribution is 2.30. The molecule has 1 saturated carbocycles. The van der Waals surface area contributed by atoms with Crippen molar-refractivity contribution in [3.8, 4) is 11.5 Å². The zero-order valence-corrected chi connectivity index (χ0v) is 23.2. The van der Waals surface area contributed by atoms with Crippen LogP contribution in [0.3, 0.4) is 0 Å². The van der Waals surface area contributed by atoms with E-state index in [4.69, 9.17) is 9.47 Å². The molecule has 3 aromatic carbocycles. The van der Waals surface area contributed by atoms with Crippen LogP contribution >= 0.6 is 0 Å². The number of carbonyl (C=O) groups excluding carboxylic acids is 2. The van der Waals surface area contributed by atoms with Gasteiger partial charge in [0.2, 0.25) is 11.8 Å². The summed E-state index contributed by atoms with van der Waals surface area (Å²) < 4.78 is 11.0. The van der Waals surface area contributed by atoms with Crippen LogP contribution in [0.1, 0.15) is 54.8 Å². The Morgan fingerprint density at radius 2 is 1.62 bits per heavy atom. The zero-order valence-electron chi connectivity index (χ0n) is 23.2. The van der Waals surface area contributed by atoms with Crippen molar-refractivity contribution >= 4 is 22.7 Å². The smallest absolute Gasteiger partial charge is 0.247 e. The minimum atomic E-state index is -0.824. The van der Waals surface area contributed by atoms with Crippen LogP contribution in [-0.2, 0) is 22.6 Å². The van der Waals surface area contributed by atoms with Gasteiger partial charge in [-0.3, -0.25) is 9.59 Å². The van der Waals surface area contributed by atoms with Crippen LogP contribution in [0.15, 0.2) is 79.0 Å². The number of aromatic nitrogens is 1. The average Bonchev–Trinajstić information content (AvgIpc) is 3.40. The number of aromatic amines is 1. The van der Waals surface area contributed by atoms with Crippen LogP contribution in [0, 0.1) is 0 Å². The molecule has 0 radical (unpaired) electrons. The van der Waals surface area contributed by atoms with Gasteiger partial charge in [0.15, 0.2) is 0 Å². The Balaban J connectivity index is 1.54. The minimum Gasteiger partial charge on any atom is -0.497 e. The van der Waals surface area contributed by atoms with Gasteiger partial charge in [-0.05, 0) is 48.2 Å². The van der Waals surface area contributed by atoms with Gasteiger partial charge in [-0.15, -0.1) is 0 Å². The van der Waals surface area contributed by atoms with E-state index in [2.05, 4.69) is 10.3 Å². The topological polar surface area (TPSA) is 83.7 Å². The number of methoxy groups -OCH3 is 2. The average molecular weight is 540 g/mol. The lowest BCUT2D eigenvalue weighted by atomic mass is 9.94. The Hall–Kier alpha value is -4.26. The molecule has 0 bridgehead atoms. The van der Waals surface area contributed by atoms with Crippen molar-refractivity contribution in [2.75, 3.05) is 14.2 Å². The molecule has 1 fully saturated rings. The van der Waals surface area contributed by atoms with Gasteiger partial charge in [-0.2, -0.15) is 0 Å². The van der Waals surface area contributed by atoms with Crippen molar-refractivity contribution in [2.45, 2.75) is 57.2 Å². The third-order valence-electron chi connectivity index (χ3n) is 7.81. The van der Waals surface area contributed by atoms with Gasteiger partial charge in [-0.1, -0.05) is 67.8 Å². The third kappa shape index (κ3) is 6.14. The lowest BCUT2D eigenvalue weighted by Gasteiger charge is -2.34. The van der Waals surface area contributed by atoms with E-state index in [0.717, 1.165) is 53.3 Å². The molecule has 40 heavy (non-hydrogen) atoms. The van der Waals surface area contributed by atoms with E-state index in [1.54, 1.807) is 19.1 Å². The number of ether oxygens (including phenoxy) is 2. The number of nitrogens with zero attached hydrogens (tertiary/aromatic N) is 1. The van der Waals surface area contributed by atoms with Crippen molar-refractivity contribution in [1.29, 1.82) is 0 Å². The number of hydrogen-bond donors (Lipinski definition) is 2. The highest BCUT2D eigenvalue weighted by Gasteiger charge is 2.34. The molecule has 0 aliphatic heterocycles. The summed E-state index contributed by atoms with van der Waals surface area (Å²) in [6, 6.07) is 22.3. The molecule has 1 aromatic heterocycles. The number of hydrogen-bond acceptors (Lipinski definition) is 4. The standard InChI is InChI=1S/C33H37N3O4/c1-39-27-18-16-23(17-19-27)32(33(38)35-26-11-4-3-5-12-26)36(22-24-10-6-9-15-30(24)40-2)31(37)20-25-21-34-29-14-8-7-13-28(25)29/h6-10,13-19,21,26,32,34H,3-5,11-12,20,22H2,1-2H3,(H,35,38). The molecule has 7 nitrogen and oxygen atoms in total. The van der Waals surface area contributed by atoms with Gasteiger partial charge in [0.05, 0.1) is 27.2 Å². The normalized spacial score (nSPS) is 14.4. The number of para-hydroxylation sites is 2. The Labute approximate surface area is 235 Å². The molecular formula is C33H37N3O4. The molecule has 5 rings (SSSR count). The van der Waals surface area contributed by atoms with E-state index in [1.165, 1.54) is 6.42 Å². The maximum absolute atomic E-state index is 14.3. The summed E-state index contributed by atoms with van der Waals surface area (Å²) in [5, 5.41) is 4.28. The molecule has 1 aliphatic rings. The van der Waals surface area contributed by atoms with E-state index >= 15 is 0 Å². The van der Waals surface area contributed by atoms with Crippen LogP contribution in [-0.4, -0.2) is 42.0 Å². The van der Waals surface area contributed by atoms with Gasteiger partial charge < -0.3 is 24.7 Å². The summed E-state index contributed by atoms with van der Waals surface area (Å²) >= 11 is 0. The molecule has 1 aliphatic carbocycles. The molecular weight excluding hydrogens is 502 g/mol. The maximum atomic E-state index is 14.3. The first-order valence-corrected chi connectivity index (χ1v) is 14.0. The van der Waals surface area contributed by atoms with Crippen molar-refractivity contribution in [3.63, 3.8) is 0 Å². The second kappa shape index (κ2) is 12.7. The van der Waals surface area contributed by atoms with Crippen LogP contribution in [0.5, 0.6) is 11.5 Å². The number of amides is 2. The zero-order chi connectivity index (χ0) is 27.9. The molecule has 1 atom stereocenters. The lowest BCUT2D eigenvalue weighted by Crippen LogP contribution is -2.47. The number of fused-ring (bicyclic) bond motifs is 1. The second-order valence-electron chi connectivity index (χ2n) is 10.4. The summed E-state index contributed by atoms with van der Waals surface area (Å²) in [6.07, 6.45) is 7.34. The molecule has 0 saturated heterocycles. The number of carbonyl (C=O) groups is 2. The van der Waals surface area contributed by atoms with Crippen LogP contribution < -0.4 is 14.8 Å².